The lowest BCUT2D eigenvalue weighted by atomic mass is 10.00. The molecule has 2 aromatic rings. The molecule has 4 rings (SSSR count). The molecule has 2 aliphatic rings. The predicted octanol–water partition coefficient (Wildman–Crippen LogP) is 3.07. The summed E-state index contributed by atoms with van der Waals surface area (Å²) < 4.78 is 18.5. The molecule has 5 nitrogen and oxygen atoms in total. The van der Waals surface area contributed by atoms with Crippen molar-refractivity contribution in [3.8, 4) is 0 Å². The molecule has 0 aliphatic carbocycles. The number of ether oxygens (including phenoxy) is 1. The second-order valence-electron chi connectivity index (χ2n) is 7.73. The zero-order chi connectivity index (χ0) is 20.8. The second-order valence-corrected chi connectivity index (χ2v) is 7.73. The van der Waals surface area contributed by atoms with Gasteiger partial charge in [-0.2, -0.15) is 5.10 Å². The summed E-state index contributed by atoms with van der Waals surface area (Å²) >= 11 is 0. The number of hydrogen-bond acceptors (Lipinski definition) is 4. The van der Waals surface area contributed by atoms with Gasteiger partial charge < -0.3 is 4.74 Å². The summed E-state index contributed by atoms with van der Waals surface area (Å²) in [6, 6.07) is 15.5. The monoisotopic (exact) mass is 408 g/mol. The minimum atomic E-state index is -0.272. The molecule has 2 aromatic carbocycles. The number of halogens is 1. The molecular weight excluding hydrogens is 381 g/mol. The zero-order valence-corrected chi connectivity index (χ0v) is 17.1. The molecule has 157 valence electrons. The molecule has 1 saturated heterocycles. The van der Waals surface area contributed by atoms with Gasteiger partial charge >= 0.3 is 0 Å². The van der Waals surface area contributed by atoms with Gasteiger partial charge in [0.15, 0.2) is 0 Å². The Labute approximate surface area is 177 Å². The molecule has 0 unspecified atom stereocenters. The molecule has 1 amide bonds. The third-order valence-corrected chi connectivity index (χ3v) is 5.65. The van der Waals surface area contributed by atoms with Crippen LogP contribution in [0.4, 0.5) is 4.39 Å². The minimum Gasteiger partial charge on any atom is -0.379 e. The SMILES string of the molecule is O=C(Cc1ccc[c]c1CCCN1CCOCC1)N1CCC(c2ccc(F)cc2)=N1. The summed E-state index contributed by atoms with van der Waals surface area (Å²) in [5, 5.41) is 6.03. The Kier molecular flexibility index (Phi) is 6.87. The van der Waals surface area contributed by atoms with Gasteiger partial charge in [0.25, 0.3) is 0 Å². The van der Waals surface area contributed by atoms with E-state index in [1.54, 1.807) is 17.1 Å². The molecule has 0 saturated carbocycles. The standard InChI is InChI=1S/C24H27FN3O2/c25-22-9-7-20(8-10-22)23-11-13-28(26-23)24(29)18-21-5-2-1-4-19(21)6-3-12-27-14-16-30-17-15-27/h1-2,5,7-10H,3,6,11-18H2. The minimum absolute atomic E-state index is 0.0128. The van der Waals surface area contributed by atoms with Crippen molar-refractivity contribution >= 4 is 11.6 Å². The number of aryl methyl sites for hydroxylation is 1. The highest BCUT2D eigenvalue weighted by Gasteiger charge is 2.22. The molecule has 30 heavy (non-hydrogen) atoms. The van der Waals surface area contributed by atoms with Crippen molar-refractivity contribution in [2.24, 2.45) is 5.10 Å². The fourth-order valence-corrected chi connectivity index (χ4v) is 3.95. The molecule has 1 radical (unpaired) electrons. The van der Waals surface area contributed by atoms with E-state index in [2.05, 4.69) is 16.1 Å². The molecule has 0 atom stereocenters. The first-order valence-electron chi connectivity index (χ1n) is 10.6. The number of amides is 1. The number of hydrazone groups is 1. The molecule has 2 aliphatic heterocycles. The quantitative estimate of drug-likeness (QED) is 0.707. The van der Waals surface area contributed by atoms with E-state index in [0.717, 1.165) is 68.1 Å². The van der Waals surface area contributed by atoms with Gasteiger partial charge in [-0.3, -0.25) is 9.69 Å². The molecule has 2 heterocycles. The number of hydrogen-bond donors (Lipinski definition) is 0. The van der Waals surface area contributed by atoms with Crippen molar-refractivity contribution in [1.82, 2.24) is 9.91 Å². The highest BCUT2D eigenvalue weighted by atomic mass is 19.1. The molecular formula is C24H27FN3O2. The Morgan fingerprint density at radius 2 is 1.93 bits per heavy atom. The van der Waals surface area contributed by atoms with Crippen molar-refractivity contribution < 1.29 is 13.9 Å². The van der Waals surface area contributed by atoms with Crippen LogP contribution in [0, 0.1) is 11.9 Å². The lowest BCUT2D eigenvalue weighted by Gasteiger charge is -2.26. The van der Waals surface area contributed by atoms with Gasteiger partial charge in [0, 0.05) is 19.5 Å². The van der Waals surface area contributed by atoms with Crippen molar-refractivity contribution in [2.75, 3.05) is 39.4 Å². The third kappa shape index (κ3) is 5.32. The average Bonchev–Trinajstić information content (AvgIpc) is 3.27. The number of rotatable bonds is 7. The van der Waals surface area contributed by atoms with E-state index < -0.39 is 0 Å². The molecule has 1 fully saturated rings. The maximum Gasteiger partial charge on any atom is 0.247 e. The van der Waals surface area contributed by atoms with Gasteiger partial charge in [0.1, 0.15) is 5.82 Å². The summed E-state index contributed by atoms with van der Waals surface area (Å²) in [5.74, 6) is -0.284. The number of carbonyl (C=O) groups excluding carboxylic acids is 1. The van der Waals surface area contributed by atoms with Crippen LogP contribution in [0.2, 0.25) is 0 Å². The Hall–Kier alpha value is -2.57. The summed E-state index contributed by atoms with van der Waals surface area (Å²) in [4.78, 5) is 15.3. The molecule has 0 bridgehead atoms. The zero-order valence-electron chi connectivity index (χ0n) is 17.1. The Morgan fingerprint density at radius 3 is 2.73 bits per heavy atom. The first-order chi connectivity index (χ1) is 14.7. The lowest BCUT2D eigenvalue weighted by molar-refractivity contribution is -0.130. The van der Waals surface area contributed by atoms with Crippen molar-refractivity contribution in [3.63, 3.8) is 0 Å². The van der Waals surface area contributed by atoms with Crippen molar-refractivity contribution in [1.29, 1.82) is 0 Å². The summed E-state index contributed by atoms with van der Waals surface area (Å²) in [6.07, 6.45) is 2.96. The van der Waals surface area contributed by atoms with Crippen LogP contribution in [-0.4, -0.2) is 60.9 Å². The van der Waals surface area contributed by atoms with Crippen LogP contribution in [0.5, 0.6) is 0 Å². The highest BCUT2D eigenvalue weighted by molar-refractivity contribution is 6.02. The number of benzene rings is 2. The number of carbonyl (C=O) groups is 1. The molecule has 6 heteroatoms. The van der Waals surface area contributed by atoms with E-state index in [-0.39, 0.29) is 11.7 Å². The van der Waals surface area contributed by atoms with Gasteiger partial charge in [0.05, 0.1) is 31.9 Å². The van der Waals surface area contributed by atoms with Gasteiger partial charge in [0.2, 0.25) is 5.91 Å². The third-order valence-electron chi connectivity index (χ3n) is 5.65. The maximum absolute atomic E-state index is 13.1. The Morgan fingerprint density at radius 1 is 1.13 bits per heavy atom. The van der Waals surface area contributed by atoms with Crippen LogP contribution in [0.3, 0.4) is 0 Å². The largest absolute Gasteiger partial charge is 0.379 e. The summed E-state index contributed by atoms with van der Waals surface area (Å²) in [7, 11) is 0. The van der Waals surface area contributed by atoms with Crippen molar-refractivity contribution in [2.45, 2.75) is 25.7 Å². The van der Waals surface area contributed by atoms with Crippen LogP contribution in [-0.2, 0) is 22.4 Å². The van der Waals surface area contributed by atoms with Gasteiger partial charge in [-0.25, -0.2) is 9.40 Å². The van der Waals surface area contributed by atoms with Gasteiger partial charge in [-0.1, -0.05) is 30.3 Å². The smallest absolute Gasteiger partial charge is 0.247 e. The van der Waals surface area contributed by atoms with E-state index in [1.165, 1.54) is 12.1 Å². The van der Waals surface area contributed by atoms with E-state index >= 15 is 0 Å². The summed E-state index contributed by atoms with van der Waals surface area (Å²) in [6.45, 7) is 5.22. The molecule has 0 N–H and O–H groups in total. The van der Waals surface area contributed by atoms with Gasteiger partial charge in [-0.15, -0.1) is 0 Å². The number of morpholine rings is 1. The first kappa shape index (κ1) is 20.7. The predicted molar refractivity (Wildman–Crippen MR) is 114 cm³/mol. The second kappa shape index (κ2) is 9.96. The topological polar surface area (TPSA) is 45.1 Å². The van der Waals surface area contributed by atoms with Crippen LogP contribution < -0.4 is 0 Å². The van der Waals surface area contributed by atoms with Crippen LogP contribution in [0.1, 0.15) is 29.5 Å². The van der Waals surface area contributed by atoms with Crippen LogP contribution in [0.15, 0.2) is 47.6 Å². The fraction of sp³-hybridized carbons (Fsp3) is 0.417. The molecule has 0 spiro atoms. The Balaban J connectivity index is 1.34. The average molecular weight is 408 g/mol. The van der Waals surface area contributed by atoms with Gasteiger partial charge in [-0.05, 0) is 54.3 Å². The van der Waals surface area contributed by atoms with E-state index in [0.29, 0.717) is 19.4 Å². The highest BCUT2D eigenvalue weighted by Crippen LogP contribution is 2.18. The fourth-order valence-electron chi connectivity index (χ4n) is 3.95. The van der Waals surface area contributed by atoms with E-state index in [1.807, 2.05) is 18.2 Å². The van der Waals surface area contributed by atoms with E-state index in [4.69, 9.17) is 4.74 Å². The number of nitrogens with zero attached hydrogens (tertiary/aromatic N) is 3. The lowest BCUT2D eigenvalue weighted by Crippen LogP contribution is -2.37. The van der Waals surface area contributed by atoms with Crippen LogP contribution in [0.25, 0.3) is 0 Å². The molecule has 0 aromatic heterocycles. The Bertz CT molecular complexity index is 892. The summed E-state index contributed by atoms with van der Waals surface area (Å²) in [5.41, 5.74) is 3.83. The van der Waals surface area contributed by atoms with Crippen molar-refractivity contribution in [3.05, 3.63) is 71.0 Å². The maximum atomic E-state index is 13.1. The first-order valence-corrected chi connectivity index (χ1v) is 10.6. The normalized spacial score (nSPS) is 17.2. The van der Waals surface area contributed by atoms with E-state index in [9.17, 15) is 9.18 Å². The van der Waals surface area contributed by atoms with Crippen LogP contribution >= 0.6 is 0 Å².